The zero-order valence-electron chi connectivity index (χ0n) is 20.6. The minimum Gasteiger partial charge on any atom is -0.504 e. The van der Waals surface area contributed by atoms with Gasteiger partial charge in [0.15, 0.2) is 17.3 Å². The van der Waals surface area contributed by atoms with Crippen LogP contribution in [0.4, 0.5) is 0 Å². The summed E-state index contributed by atoms with van der Waals surface area (Å²) in [5.41, 5.74) is 1.55. The second kappa shape index (κ2) is 9.36. The molecule has 194 valence electrons. The molecule has 0 unspecified atom stereocenters. The van der Waals surface area contributed by atoms with Gasteiger partial charge >= 0.3 is 5.97 Å². The molecule has 0 amide bonds. The Morgan fingerprint density at radius 3 is 2.61 bits per heavy atom. The third-order valence-corrected chi connectivity index (χ3v) is 6.08. The number of carboxylic acid groups (broad SMARTS) is 1. The highest BCUT2D eigenvalue weighted by atomic mass is 16.5. The molecule has 38 heavy (non-hydrogen) atoms. The first-order valence-corrected chi connectivity index (χ1v) is 11.4. The maximum Gasteiger partial charge on any atom is 0.323 e. The SMILES string of the molecule is COc1ccc2c(c1)c(-c1nc(-c3ccc(O)c(OC)c3)c(-c3oc(C)cc(=O)c3O)[nH]1)cn2CC(=O)O. The van der Waals surface area contributed by atoms with Gasteiger partial charge < -0.3 is 38.8 Å². The Kier molecular flexibility index (Phi) is 6.03. The van der Waals surface area contributed by atoms with Gasteiger partial charge in [0.1, 0.15) is 35.3 Å². The van der Waals surface area contributed by atoms with Crippen LogP contribution in [-0.4, -0.2) is 50.0 Å². The van der Waals surface area contributed by atoms with Gasteiger partial charge in [0.25, 0.3) is 0 Å². The summed E-state index contributed by atoms with van der Waals surface area (Å²) in [5, 5.41) is 30.8. The number of fused-ring (bicyclic) bond motifs is 1. The molecule has 11 heteroatoms. The van der Waals surface area contributed by atoms with Crippen LogP contribution < -0.4 is 14.9 Å². The number of rotatable bonds is 7. The number of aromatic hydroxyl groups is 2. The van der Waals surface area contributed by atoms with Gasteiger partial charge in [-0.3, -0.25) is 9.59 Å². The van der Waals surface area contributed by atoms with E-state index in [-0.39, 0.29) is 35.3 Å². The van der Waals surface area contributed by atoms with E-state index in [1.807, 2.05) is 0 Å². The van der Waals surface area contributed by atoms with Gasteiger partial charge in [-0.2, -0.15) is 0 Å². The first-order chi connectivity index (χ1) is 18.2. The molecule has 0 bridgehead atoms. The summed E-state index contributed by atoms with van der Waals surface area (Å²) in [6.07, 6.45) is 1.65. The van der Waals surface area contributed by atoms with E-state index in [0.29, 0.717) is 39.3 Å². The molecule has 0 saturated heterocycles. The number of ether oxygens (including phenoxy) is 2. The highest BCUT2D eigenvalue weighted by molar-refractivity contribution is 5.97. The van der Waals surface area contributed by atoms with Crippen LogP contribution >= 0.6 is 0 Å². The molecule has 2 aromatic carbocycles. The number of aliphatic carboxylic acids is 1. The summed E-state index contributed by atoms with van der Waals surface area (Å²) in [6.45, 7) is 1.29. The molecule has 0 aliphatic rings. The Balaban J connectivity index is 1.81. The number of benzene rings is 2. The summed E-state index contributed by atoms with van der Waals surface area (Å²) in [5.74, 6) is -0.491. The lowest BCUT2D eigenvalue weighted by Crippen LogP contribution is -2.07. The van der Waals surface area contributed by atoms with Crippen LogP contribution in [0.3, 0.4) is 0 Å². The molecule has 3 aromatic heterocycles. The van der Waals surface area contributed by atoms with Crippen molar-refractivity contribution in [3.05, 3.63) is 64.6 Å². The van der Waals surface area contributed by atoms with Crippen molar-refractivity contribution in [2.75, 3.05) is 14.2 Å². The molecule has 5 rings (SSSR count). The quantitative estimate of drug-likeness (QED) is 0.249. The van der Waals surface area contributed by atoms with Crippen LogP contribution in [0.1, 0.15) is 5.76 Å². The number of methoxy groups -OCH3 is 2. The fourth-order valence-corrected chi connectivity index (χ4v) is 4.34. The summed E-state index contributed by atoms with van der Waals surface area (Å²) >= 11 is 0. The van der Waals surface area contributed by atoms with E-state index in [9.17, 15) is 24.9 Å². The standard InChI is InChI=1S/C27H23N3O8/c1-13-8-20(32)25(35)26(38-13)24-23(14-4-7-19(31)21(9-14)37-3)28-27(29-24)17-11-30(12-22(33)34)18-6-5-15(36-2)10-16(17)18/h4-11,31,35H,12H2,1-3H3,(H,28,29)(H,33,34). The van der Waals surface area contributed by atoms with Crippen LogP contribution in [0.15, 0.2) is 57.9 Å². The number of H-pyrrole nitrogens is 1. The van der Waals surface area contributed by atoms with E-state index < -0.39 is 17.1 Å². The zero-order chi connectivity index (χ0) is 27.1. The number of nitrogens with one attached hydrogen (secondary N) is 1. The number of hydrogen-bond donors (Lipinski definition) is 4. The van der Waals surface area contributed by atoms with E-state index in [1.54, 1.807) is 48.0 Å². The molecule has 0 fully saturated rings. The minimum absolute atomic E-state index is 0.0812. The van der Waals surface area contributed by atoms with E-state index in [2.05, 4.69) is 4.98 Å². The second-order valence-corrected chi connectivity index (χ2v) is 8.54. The fourth-order valence-electron chi connectivity index (χ4n) is 4.34. The fraction of sp³-hybridized carbons (Fsp3) is 0.148. The highest BCUT2D eigenvalue weighted by Gasteiger charge is 2.24. The van der Waals surface area contributed by atoms with Gasteiger partial charge in [-0.05, 0) is 43.3 Å². The van der Waals surface area contributed by atoms with Gasteiger partial charge in [-0.15, -0.1) is 0 Å². The molecule has 11 nitrogen and oxygen atoms in total. The van der Waals surface area contributed by atoms with Crippen molar-refractivity contribution in [2.45, 2.75) is 13.5 Å². The van der Waals surface area contributed by atoms with Crippen molar-refractivity contribution in [3.8, 4) is 57.1 Å². The number of hydrogen-bond acceptors (Lipinski definition) is 8. The Morgan fingerprint density at radius 2 is 1.89 bits per heavy atom. The smallest absolute Gasteiger partial charge is 0.323 e. The molecular weight excluding hydrogens is 494 g/mol. The van der Waals surface area contributed by atoms with Gasteiger partial charge in [0.05, 0.1) is 14.2 Å². The molecule has 0 aliphatic heterocycles. The summed E-state index contributed by atoms with van der Waals surface area (Å²) in [7, 11) is 2.94. The monoisotopic (exact) mass is 517 g/mol. The number of aromatic amines is 1. The number of carboxylic acids is 1. The molecule has 5 aromatic rings. The first kappa shape index (κ1) is 24.5. The van der Waals surface area contributed by atoms with Crippen molar-refractivity contribution in [2.24, 2.45) is 0 Å². The van der Waals surface area contributed by atoms with E-state index in [0.717, 1.165) is 0 Å². The minimum atomic E-state index is -1.02. The Labute approximate surface area is 215 Å². The lowest BCUT2D eigenvalue weighted by Gasteiger charge is -2.08. The van der Waals surface area contributed by atoms with Crippen molar-refractivity contribution < 1.29 is 34.0 Å². The van der Waals surface area contributed by atoms with Gasteiger partial charge in [-0.25, -0.2) is 4.98 Å². The average Bonchev–Trinajstić information content (AvgIpc) is 3.47. The van der Waals surface area contributed by atoms with Crippen molar-refractivity contribution >= 4 is 16.9 Å². The summed E-state index contributed by atoms with van der Waals surface area (Å²) in [4.78, 5) is 31.8. The van der Waals surface area contributed by atoms with E-state index >= 15 is 0 Å². The Hall–Kier alpha value is -5.19. The molecule has 4 N–H and O–H groups in total. The topological polar surface area (TPSA) is 160 Å². The molecule has 0 atom stereocenters. The molecule has 0 saturated carbocycles. The van der Waals surface area contributed by atoms with Crippen LogP contribution in [0.25, 0.3) is 45.0 Å². The predicted molar refractivity (Wildman–Crippen MR) is 138 cm³/mol. The van der Waals surface area contributed by atoms with Crippen LogP contribution in [0, 0.1) is 6.92 Å². The van der Waals surface area contributed by atoms with Crippen molar-refractivity contribution in [3.63, 3.8) is 0 Å². The normalized spacial score (nSPS) is 11.1. The number of aryl methyl sites for hydroxylation is 1. The number of phenols is 1. The number of carbonyl (C=O) groups is 1. The molecule has 0 spiro atoms. The zero-order valence-corrected chi connectivity index (χ0v) is 20.6. The number of phenolic OH excluding ortho intramolecular Hbond substituents is 1. The van der Waals surface area contributed by atoms with Crippen LogP contribution in [-0.2, 0) is 11.3 Å². The Morgan fingerprint density at radius 1 is 1.11 bits per heavy atom. The summed E-state index contributed by atoms with van der Waals surface area (Å²) in [6, 6.07) is 11.0. The number of aromatic nitrogens is 3. The maximum absolute atomic E-state index is 12.4. The van der Waals surface area contributed by atoms with E-state index in [1.165, 1.54) is 26.4 Å². The number of nitrogens with zero attached hydrogens (tertiary/aromatic N) is 2. The van der Waals surface area contributed by atoms with Crippen LogP contribution in [0.5, 0.6) is 23.0 Å². The molecular formula is C27H23N3O8. The second-order valence-electron chi connectivity index (χ2n) is 8.54. The van der Waals surface area contributed by atoms with Gasteiger partial charge in [0, 0.05) is 34.3 Å². The van der Waals surface area contributed by atoms with Gasteiger partial charge in [0.2, 0.25) is 11.2 Å². The van der Waals surface area contributed by atoms with Crippen LogP contribution in [0.2, 0.25) is 0 Å². The largest absolute Gasteiger partial charge is 0.504 e. The molecule has 3 heterocycles. The lowest BCUT2D eigenvalue weighted by molar-refractivity contribution is -0.137. The van der Waals surface area contributed by atoms with Crippen molar-refractivity contribution in [1.29, 1.82) is 0 Å². The Bertz CT molecular complexity index is 1760. The maximum atomic E-state index is 12.4. The van der Waals surface area contributed by atoms with Gasteiger partial charge in [-0.1, -0.05) is 0 Å². The van der Waals surface area contributed by atoms with E-state index in [4.69, 9.17) is 18.9 Å². The van der Waals surface area contributed by atoms with Crippen molar-refractivity contribution in [1.82, 2.24) is 14.5 Å². The lowest BCUT2D eigenvalue weighted by atomic mass is 10.1. The first-order valence-electron chi connectivity index (χ1n) is 11.4. The average molecular weight is 517 g/mol. The highest BCUT2D eigenvalue weighted by Crippen LogP contribution is 2.41. The third kappa shape index (κ3) is 4.19. The molecule has 0 radical (unpaired) electrons. The summed E-state index contributed by atoms with van der Waals surface area (Å²) < 4.78 is 17.9. The third-order valence-electron chi connectivity index (χ3n) is 6.08. The number of imidazole rings is 1. The predicted octanol–water partition coefficient (Wildman–Crippen LogP) is 4.14. The molecule has 0 aliphatic carbocycles.